The Morgan fingerprint density at radius 2 is 1.90 bits per heavy atom. The average molecular weight is 420 g/mol. The molecular weight excluding hydrogens is 386 g/mol. The highest BCUT2D eigenvalue weighted by Gasteiger charge is 2.35. The van der Waals surface area contributed by atoms with E-state index < -0.39 is 0 Å². The molecule has 4 heterocycles. The number of aromatic nitrogens is 3. The Balaban J connectivity index is 1.42. The van der Waals surface area contributed by atoms with Gasteiger partial charge >= 0.3 is 0 Å². The van der Waals surface area contributed by atoms with Crippen LogP contribution in [0.2, 0.25) is 0 Å². The second kappa shape index (κ2) is 8.93. The number of fused-ring (bicyclic) bond motifs is 1. The van der Waals surface area contributed by atoms with E-state index in [1.165, 1.54) is 44.1 Å². The molecule has 0 N–H and O–H groups in total. The third-order valence-electron chi connectivity index (χ3n) is 7.26. The first kappa shape index (κ1) is 20.4. The lowest BCUT2D eigenvalue weighted by Gasteiger charge is -2.35. The summed E-state index contributed by atoms with van der Waals surface area (Å²) in [7, 11) is 0. The maximum atomic E-state index is 13.1. The summed E-state index contributed by atoms with van der Waals surface area (Å²) < 4.78 is 0. The highest BCUT2D eigenvalue weighted by atomic mass is 16.2. The number of rotatable bonds is 4. The normalized spacial score (nSPS) is 21.9. The zero-order chi connectivity index (χ0) is 21.2. The second-order valence-corrected chi connectivity index (χ2v) is 9.39. The molecule has 2 aromatic rings. The summed E-state index contributed by atoms with van der Waals surface area (Å²) >= 11 is 0. The molecule has 2 aromatic heterocycles. The van der Waals surface area contributed by atoms with E-state index in [4.69, 9.17) is 9.97 Å². The van der Waals surface area contributed by atoms with Gasteiger partial charge in [-0.05, 0) is 63.5 Å². The lowest BCUT2D eigenvalue weighted by atomic mass is 9.88. The molecule has 0 radical (unpaired) electrons. The fourth-order valence-corrected chi connectivity index (χ4v) is 5.63. The van der Waals surface area contributed by atoms with Crippen LogP contribution in [0.25, 0.3) is 0 Å². The van der Waals surface area contributed by atoms with E-state index in [2.05, 4.69) is 16.8 Å². The number of amides is 1. The van der Waals surface area contributed by atoms with Gasteiger partial charge in [0.05, 0.1) is 6.04 Å². The monoisotopic (exact) mass is 419 g/mol. The molecule has 1 saturated heterocycles. The highest BCUT2D eigenvalue weighted by Crippen LogP contribution is 2.36. The van der Waals surface area contributed by atoms with Crippen LogP contribution in [-0.4, -0.2) is 45.4 Å². The maximum Gasteiger partial charge on any atom is 0.273 e. The van der Waals surface area contributed by atoms with Crippen LogP contribution in [0.15, 0.2) is 24.4 Å². The number of pyridine rings is 1. The summed E-state index contributed by atoms with van der Waals surface area (Å²) in [6.07, 6.45) is 12.6. The van der Waals surface area contributed by atoms with E-state index in [0.717, 1.165) is 62.2 Å². The van der Waals surface area contributed by atoms with Gasteiger partial charge in [0.2, 0.25) is 0 Å². The Morgan fingerprint density at radius 1 is 1.03 bits per heavy atom. The van der Waals surface area contributed by atoms with Crippen molar-refractivity contribution in [1.29, 1.82) is 0 Å². The number of carbonyl (C=O) groups is 1. The summed E-state index contributed by atoms with van der Waals surface area (Å²) in [5, 5.41) is 0. The van der Waals surface area contributed by atoms with Gasteiger partial charge in [-0.15, -0.1) is 0 Å². The van der Waals surface area contributed by atoms with Crippen LogP contribution in [0.1, 0.15) is 85.0 Å². The summed E-state index contributed by atoms with van der Waals surface area (Å²) in [5.41, 5.74) is 2.90. The number of anilines is 1. The van der Waals surface area contributed by atoms with E-state index in [-0.39, 0.29) is 11.9 Å². The smallest absolute Gasteiger partial charge is 0.273 e. The largest absolute Gasteiger partial charge is 0.356 e. The van der Waals surface area contributed by atoms with E-state index in [9.17, 15) is 4.79 Å². The molecule has 164 valence electrons. The van der Waals surface area contributed by atoms with Crippen molar-refractivity contribution in [3.05, 3.63) is 47.2 Å². The molecule has 0 bridgehead atoms. The highest BCUT2D eigenvalue weighted by molar-refractivity contribution is 5.92. The van der Waals surface area contributed by atoms with Crippen LogP contribution in [0.4, 0.5) is 5.82 Å². The lowest BCUT2D eigenvalue weighted by Crippen LogP contribution is -2.37. The van der Waals surface area contributed by atoms with Gasteiger partial charge in [-0.3, -0.25) is 9.78 Å². The van der Waals surface area contributed by atoms with E-state index in [1.54, 1.807) is 12.3 Å². The van der Waals surface area contributed by atoms with Gasteiger partial charge in [0, 0.05) is 37.1 Å². The molecule has 5 rings (SSSR count). The maximum absolute atomic E-state index is 13.1. The Morgan fingerprint density at radius 3 is 2.71 bits per heavy atom. The van der Waals surface area contributed by atoms with Crippen LogP contribution >= 0.6 is 0 Å². The number of aryl methyl sites for hydroxylation is 1. The van der Waals surface area contributed by atoms with Crippen LogP contribution < -0.4 is 4.90 Å². The minimum atomic E-state index is -0.0584. The fraction of sp³-hybridized carbons (Fsp3) is 0.600. The minimum Gasteiger partial charge on any atom is -0.356 e. The standard InChI is InChI=1S/C25H33N5O/c1-18-20-11-7-15-29(17-19-9-3-2-4-10-19)24(20)28-23(27-18)22-13-8-16-30(22)25(31)21-12-5-6-14-26-21/h5-6,12,14,19,22H,2-4,7-11,13,15-17H2,1H3/t22-/m1/s1. The van der Waals surface area contributed by atoms with Crippen LogP contribution in [0.5, 0.6) is 0 Å². The van der Waals surface area contributed by atoms with Crippen molar-refractivity contribution in [2.45, 2.75) is 70.8 Å². The molecular formula is C25H33N5O. The lowest BCUT2D eigenvalue weighted by molar-refractivity contribution is 0.0723. The molecule has 2 aliphatic heterocycles. The van der Waals surface area contributed by atoms with Crippen LogP contribution in [-0.2, 0) is 6.42 Å². The Labute approximate surface area is 185 Å². The summed E-state index contributed by atoms with van der Waals surface area (Å²) in [6.45, 7) is 5.06. The van der Waals surface area contributed by atoms with Crippen LogP contribution in [0, 0.1) is 12.8 Å². The molecule has 1 atom stereocenters. The Hall–Kier alpha value is -2.50. The van der Waals surface area contributed by atoms with Gasteiger partial charge in [0.25, 0.3) is 5.91 Å². The van der Waals surface area contributed by atoms with Crippen molar-refractivity contribution in [1.82, 2.24) is 19.9 Å². The van der Waals surface area contributed by atoms with Crippen LogP contribution in [0.3, 0.4) is 0 Å². The summed E-state index contributed by atoms with van der Waals surface area (Å²) in [6, 6.07) is 5.45. The molecule has 0 spiro atoms. The van der Waals surface area contributed by atoms with Crippen molar-refractivity contribution < 1.29 is 4.79 Å². The average Bonchev–Trinajstić information content (AvgIpc) is 3.30. The zero-order valence-corrected chi connectivity index (χ0v) is 18.6. The molecule has 6 nitrogen and oxygen atoms in total. The molecule has 1 amide bonds. The van der Waals surface area contributed by atoms with Gasteiger partial charge < -0.3 is 9.80 Å². The molecule has 2 fully saturated rings. The van der Waals surface area contributed by atoms with Crippen molar-refractivity contribution in [2.24, 2.45) is 5.92 Å². The number of carbonyl (C=O) groups excluding carboxylic acids is 1. The third kappa shape index (κ3) is 4.17. The second-order valence-electron chi connectivity index (χ2n) is 9.39. The zero-order valence-electron chi connectivity index (χ0n) is 18.6. The molecule has 0 unspecified atom stereocenters. The molecule has 6 heteroatoms. The van der Waals surface area contributed by atoms with Gasteiger partial charge in [-0.2, -0.15) is 0 Å². The minimum absolute atomic E-state index is 0.0128. The number of hydrogen-bond acceptors (Lipinski definition) is 5. The first-order valence-electron chi connectivity index (χ1n) is 12.0. The number of hydrogen-bond donors (Lipinski definition) is 0. The Kier molecular flexibility index (Phi) is 5.88. The predicted octanol–water partition coefficient (Wildman–Crippen LogP) is 4.49. The van der Waals surface area contributed by atoms with Gasteiger partial charge in [-0.25, -0.2) is 9.97 Å². The molecule has 3 aliphatic rings. The van der Waals surface area contributed by atoms with E-state index in [1.807, 2.05) is 17.0 Å². The molecule has 0 aromatic carbocycles. The molecule has 31 heavy (non-hydrogen) atoms. The summed E-state index contributed by atoms with van der Waals surface area (Å²) in [5.74, 6) is 2.72. The van der Waals surface area contributed by atoms with E-state index >= 15 is 0 Å². The first-order valence-corrected chi connectivity index (χ1v) is 12.0. The number of nitrogens with zero attached hydrogens (tertiary/aromatic N) is 5. The van der Waals surface area contributed by atoms with Gasteiger partial charge in [0.15, 0.2) is 5.82 Å². The van der Waals surface area contributed by atoms with Gasteiger partial charge in [0.1, 0.15) is 11.5 Å². The van der Waals surface area contributed by atoms with Crippen molar-refractivity contribution in [3.8, 4) is 0 Å². The molecule has 1 aliphatic carbocycles. The van der Waals surface area contributed by atoms with Crippen molar-refractivity contribution in [3.63, 3.8) is 0 Å². The third-order valence-corrected chi connectivity index (χ3v) is 7.26. The van der Waals surface area contributed by atoms with Gasteiger partial charge in [-0.1, -0.05) is 25.3 Å². The SMILES string of the molecule is Cc1nc([C@H]2CCCN2C(=O)c2ccccn2)nc2c1CCCN2CC1CCCCC1. The van der Waals surface area contributed by atoms with E-state index in [0.29, 0.717) is 5.69 Å². The Bertz CT molecular complexity index is 925. The number of likely N-dealkylation sites (tertiary alicyclic amines) is 1. The first-order chi connectivity index (χ1) is 15.2. The van der Waals surface area contributed by atoms with Crippen molar-refractivity contribution >= 4 is 11.7 Å². The fourth-order valence-electron chi connectivity index (χ4n) is 5.63. The summed E-state index contributed by atoms with van der Waals surface area (Å²) in [4.78, 5) is 31.9. The predicted molar refractivity (Wildman–Crippen MR) is 121 cm³/mol. The molecule has 1 saturated carbocycles. The topological polar surface area (TPSA) is 62.2 Å². The van der Waals surface area contributed by atoms with Crippen molar-refractivity contribution in [2.75, 3.05) is 24.5 Å². The quantitative estimate of drug-likeness (QED) is 0.731.